The maximum absolute atomic E-state index is 12.2. The van der Waals surface area contributed by atoms with Crippen LogP contribution >= 0.6 is 11.8 Å². The van der Waals surface area contributed by atoms with Gasteiger partial charge in [-0.15, -0.1) is 5.10 Å². The molecule has 0 radical (unpaired) electrons. The number of fused-ring (bicyclic) bond motifs is 1. The zero-order valence-corrected chi connectivity index (χ0v) is 18.0. The first kappa shape index (κ1) is 22.0. The summed E-state index contributed by atoms with van der Waals surface area (Å²) in [5.74, 6) is 0.218. The molecule has 0 bridgehead atoms. The fourth-order valence-electron chi connectivity index (χ4n) is 3.46. The minimum absolute atomic E-state index is 0.00926. The van der Waals surface area contributed by atoms with Gasteiger partial charge in [0, 0.05) is 35.7 Å². The Bertz CT molecular complexity index is 1290. The number of nitro benzene ring substituents is 2. The molecule has 3 aromatic rings. The number of carbonyl (C=O) groups is 1. The molecular weight excluding hydrogens is 450 g/mol. The molecule has 4 rings (SSSR count). The van der Waals surface area contributed by atoms with Gasteiger partial charge < -0.3 is 11.1 Å². The second-order valence-electron chi connectivity index (χ2n) is 7.15. The summed E-state index contributed by atoms with van der Waals surface area (Å²) in [4.78, 5) is 37.6. The van der Waals surface area contributed by atoms with Crippen molar-refractivity contribution in [3.63, 3.8) is 0 Å². The van der Waals surface area contributed by atoms with Crippen molar-refractivity contribution in [1.29, 1.82) is 0 Å². The van der Waals surface area contributed by atoms with Crippen LogP contribution in [0.2, 0.25) is 0 Å². The van der Waals surface area contributed by atoms with Crippen molar-refractivity contribution >= 4 is 35.0 Å². The van der Waals surface area contributed by atoms with E-state index in [1.807, 2.05) is 0 Å². The van der Waals surface area contributed by atoms with Crippen molar-refractivity contribution < 1.29 is 14.6 Å². The number of rotatable bonds is 7. The molecule has 0 fully saturated rings. The number of thioether (sulfide) groups is 1. The van der Waals surface area contributed by atoms with Crippen molar-refractivity contribution in [2.24, 2.45) is 5.73 Å². The fraction of sp³-hybridized carbons (Fsp3) is 0.150. The maximum atomic E-state index is 12.2. The lowest BCUT2D eigenvalue weighted by Gasteiger charge is -2.27. The van der Waals surface area contributed by atoms with Crippen molar-refractivity contribution in [3.05, 3.63) is 91.2 Å². The molecule has 3 N–H and O–H groups in total. The summed E-state index contributed by atoms with van der Waals surface area (Å²) in [5.41, 5.74) is 7.79. The van der Waals surface area contributed by atoms with Crippen LogP contribution in [0.3, 0.4) is 0 Å². The van der Waals surface area contributed by atoms with Gasteiger partial charge in [-0.1, -0.05) is 23.9 Å². The average molecular weight is 467 g/mol. The van der Waals surface area contributed by atoms with E-state index in [2.05, 4.69) is 15.4 Å². The molecule has 0 saturated carbocycles. The van der Waals surface area contributed by atoms with Gasteiger partial charge in [0.15, 0.2) is 0 Å². The van der Waals surface area contributed by atoms with Gasteiger partial charge in [-0.05, 0) is 30.2 Å². The van der Waals surface area contributed by atoms with E-state index in [4.69, 9.17) is 5.73 Å². The first-order chi connectivity index (χ1) is 15.7. The fourth-order valence-corrected chi connectivity index (χ4v) is 4.24. The number of aromatic nitrogens is 3. The highest BCUT2D eigenvalue weighted by Gasteiger charge is 2.33. The first-order valence-electron chi connectivity index (χ1n) is 9.59. The number of amides is 1. The summed E-state index contributed by atoms with van der Waals surface area (Å²) in [7, 11) is 0. The molecule has 13 heteroatoms. The number of nitrogens with zero attached hydrogens (tertiary/aromatic N) is 5. The van der Waals surface area contributed by atoms with Crippen LogP contribution in [0.4, 0.5) is 17.3 Å². The first-order valence-corrected chi connectivity index (χ1v) is 10.6. The van der Waals surface area contributed by atoms with Gasteiger partial charge in [0.2, 0.25) is 17.0 Å². The summed E-state index contributed by atoms with van der Waals surface area (Å²) in [5, 5.41) is 29.8. The van der Waals surface area contributed by atoms with E-state index < -0.39 is 21.8 Å². The van der Waals surface area contributed by atoms with Crippen LogP contribution in [0.15, 0.2) is 65.0 Å². The van der Waals surface area contributed by atoms with Crippen molar-refractivity contribution in [2.45, 2.75) is 23.9 Å². The largest absolute Gasteiger partial charge is 0.366 e. The van der Waals surface area contributed by atoms with Crippen molar-refractivity contribution in [3.8, 4) is 0 Å². The number of hydrogen-bond donors (Lipinski definition) is 2. The molecule has 1 amide bonds. The highest BCUT2D eigenvalue weighted by Crippen LogP contribution is 2.36. The minimum Gasteiger partial charge on any atom is -0.366 e. The van der Waals surface area contributed by atoms with Gasteiger partial charge in [0.1, 0.15) is 6.04 Å². The molecule has 0 spiro atoms. The molecule has 0 saturated heterocycles. The number of nitrogens with one attached hydrogen (secondary N) is 1. The van der Waals surface area contributed by atoms with Crippen LogP contribution in [0.1, 0.15) is 24.1 Å². The number of hydrogen-bond acceptors (Lipinski definition) is 9. The predicted octanol–water partition coefficient (Wildman–Crippen LogP) is 3.16. The van der Waals surface area contributed by atoms with Crippen molar-refractivity contribution in [2.75, 3.05) is 5.32 Å². The molecule has 168 valence electrons. The number of anilines is 1. The Hall–Kier alpha value is -4.26. The lowest BCUT2D eigenvalue weighted by atomic mass is 9.95. The second-order valence-corrected chi connectivity index (χ2v) is 8.10. The summed E-state index contributed by atoms with van der Waals surface area (Å²) < 4.78 is 1.52. The van der Waals surface area contributed by atoms with Gasteiger partial charge >= 0.3 is 0 Å². The van der Waals surface area contributed by atoms with Gasteiger partial charge in [-0.2, -0.15) is 4.98 Å². The lowest BCUT2D eigenvalue weighted by molar-refractivity contribution is -0.385. The van der Waals surface area contributed by atoms with E-state index in [0.717, 1.165) is 5.56 Å². The van der Waals surface area contributed by atoms with Crippen LogP contribution in [0.5, 0.6) is 0 Å². The Morgan fingerprint density at radius 2 is 1.67 bits per heavy atom. The topological polar surface area (TPSA) is 172 Å². The third-order valence-corrected chi connectivity index (χ3v) is 5.94. The standard InChI is InChI=1S/C20H17N7O5S/c1-11-16(18(21)28)17(13-4-8-15(9-5-13)27(31)32)25-19(22-11)23-20(24-25)33-10-12-2-6-14(7-3-12)26(29)30/h2-9,17H,10H2,1H3,(H2,21,28)(H,22,23,24). The average Bonchev–Trinajstić information content (AvgIpc) is 3.19. The molecule has 1 atom stereocenters. The van der Waals surface area contributed by atoms with Gasteiger partial charge in [0.05, 0.1) is 15.4 Å². The smallest absolute Gasteiger partial charge is 0.269 e. The summed E-state index contributed by atoms with van der Waals surface area (Å²) in [6.45, 7) is 1.69. The van der Waals surface area contributed by atoms with Crippen LogP contribution in [0.25, 0.3) is 0 Å². The number of benzene rings is 2. The third-order valence-electron chi connectivity index (χ3n) is 5.03. The highest BCUT2D eigenvalue weighted by molar-refractivity contribution is 7.98. The molecule has 2 heterocycles. The molecule has 1 aromatic heterocycles. The minimum atomic E-state index is -0.708. The Balaban J connectivity index is 1.63. The number of primary amides is 1. The molecular formula is C20H17N7O5S. The van der Waals surface area contributed by atoms with E-state index >= 15 is 0 Å². The molecule has 2 aromatic carbocycles. The third kappa shape index (κ3) is 4.39. The number of nitro groups is 2. The van der Waals surface area contributed by atoms with E-state index in [0.29, 0.717) is 28.1 Å². The number of non-ortho nitro benzene ring substituents is 2. The van der Waals surface area contributed by atoms with Crippen LogP contribution in [0, 0.1) is 20.2 Å². The van der Waals surface area contributed by atoms with Gasteiger partial charge in [-0.3, -0.25) is 25.0 Å². The summed E-state index contributed by atoms with van der Waals surface area (Å²) in [6, 6.07) is 11.3. The monoisotopic (exact) mass is 467 g/mol. The van der Waals surface area contributed by atoms with E-state index in [-0.39, 0.29) is 16.9 Å². The molecule has 1 aliphatic heterocycles. The second kappa shape index (κ2) is 8.70. The predicted molar refractivity (Wildman–Crippen MR) is 119 cm³/mol. The SMILES string of the molecule is CC1=C(C(N)=O)C(c2ccc([N+](=O)[O-])cc2)n2nc(SCc3ccc([N+](=O)[O-])cc3)nc2N1. The van der Waals surface area contributed by atoms with Crippen LogP contribution in [-0.2, 0) is 10.5 Å². The van der Waals surface area contributed by atoms with Gasteiger partial charge in [0.25, 0.3) is 11.4 Å². The quantitative estimate of drug-likeness (QED) is 0.300. The van der Waals surface area contributed by atoms with Crippen LogP contribution < -0.4 is 11.1 Å². The van der Waals surface area contributed by atoms with Gasteiger partial charge in [-0.25, -0.2) is 4.68 Å². The Labute approximate surface area is 190 Å². The number of nitrogens with two attached hydrogens (primary N) is 1. The van der Waals surface area contributed by atoms with E-state index in [9.17, 15) is 25.0 Å². The zero-order valence-electron chi connectivity index (χ0n) is 17.2. The Morgan fingerprint density at radius 3 is 2.21 bits per heavy atom. The molecule has 1 unspecified atom stereocenters. The Morgan fingerprint density at radius 1 is 1.09 bits per heavy atom. The molecule has 12 nitrogen and oxygen atoms in total. The van der Waals surface area contributed by atoms with Crippen LogP contribution in [-0.4, -0.2) is 30.5 Å². The lowest BCUT2D eigenvalue weighted by Crippen LogP contribution is -2.31. The summed E-state index contributed by atoms with van der Waals surface area (Å²) >= 11 is 1.32. The Kier molecular flexibility index (Phi) is 5.79. The molecule has 33 heavy (non-hydrogen) atoms. The number of carbonyl (C=O) groups excluding carboxylic acids is 1. The van der Waals surface area contributed by atoms with E-state index in [1.54, 1.807) is 31.2 Å². The highest BCUT2D eigenvalue weighted by atomic mass is 32.2. The molecule has 0 aliphatic carbocycles. The molecule has 1 aliphatic rings. The normalized spacial score (nSPS) is 15.0. The maximum Gasteiger partial charge on any atom is 0.269 e. The van der Waals surface area contributed by atoms with E-state index in [1.165, 1.54) is 40.7 Å². The summed E-state index contributed by atoms with van der Waals surface area (Å²) in [6.07, 6.45) is 0. The van der Waals surface area contributed by atoms with Crippen molar-refractivity contribution in [1.82, 2.24) is 14.8 Å². The number of allylic oxidation sites excluding steroid dienone is 1. The zero-order chi connectivity index (χ0) is 23.7.